The first-order valence-corrected chi connectivity index (χ1v) is 9.06. The summed E-state index contributed by atoms with van der Waals surface area (Å²) in [6.45, 7) is 0. The third-order valence-electron chi connectivity index (χ3n) is 4.59. The Labute approximate surface area is 155 Å². The molecule has 1 aliphatic rings. The summed E-state index contributed by atoms with van der Waals surface area (Å²) >= 11 is 1.58. The maximum Gasteiger partial charge on any atom is 0.231 e. The van der Waals surface area contributed by atoms with Gasteiger partial charge in [-0.15, -0.1) is 11.3 Å². The van der Waals surface area contributed by atoms with E-state index in [1.165, 1.54) is 0 Å². The Kier molecular flexibility index (Phi) is 4.12. The highest BCUT2D eigenvalue weighted by atomic mass is 32.1. The lowest BCUT2D eigenvalue weighted by molar-refractivity contribution is -0.117. The van der Waals surface area contributed by atoms with Gasteiger partial charge in [0.25, 0.3) is 0 Å². The number of likely N-dealkylation sites (N-methyl/N-ethyl adjacent to an activating group) is 1. The average Bonchev–Trinajstić information content (AvgIpc) is 3.26. The van der Waals surface area contributed by atoms with E-state index >= 15 is 0 Å². The fourth-order valence-electron chi connectivity index (χ4n) is 3.14. The van der Waals surface area contributed by atoms with Crippen LogP contribution in [0.3, 0.4) is 0 Å². The molecule has 2 heterocycles. The van der Waals surface area contributed by atoms with Crippen LogP contribution in [-0.2, 0) is 11.2 Å². The molecule has 1 aromatic heterocycles. The van der Waals surface area contributed by atoms with Crippen molar-refractivity contribution in [2.75, 3.05) is 26.2 Å². The van der Waals surface area contributed by atoms with Gasteiger partial charge in [0, 0.05) is 29.2 Å². The van der Waals surface area contributed by atoms with Crippen molar-refractivity contribution < 1.29 is 14.3 Å². The molecular formula is C20H18N2O3S. The van der Waals surface area contributed by atoms with E-state index in [0.717, 1.165) is 33.1 Å². The fraction of sp³-hybridized carbons (Fsp3) is 0.200. The first kappa shape index (κ1) is 16.6. The summed E-state index contributed by atoms with van der Waals surface area (Å²) in [7, 11) is 5.05. The van der Waals surface area contributed by atoms with Crippen LogP contribution in [0.4, 0.5) is 5.69 Å². The molecule has 6 heteroatoms. The molecule has 0 atom stereocenters. The summed E-state index contributed by atoms with van der Waals surface area (Å²) in [6, 6.07) is 11.8. The van der Waals surface area contributed by atoms with Gasteiger partial charge < -0.3 is 14.4 Å². The number of hydrogen-bond donors (Lipinski definition) is 0. The van der Waals surface area contributed by atoms with Crippen LogP contribution in [-0.4, -0.2) is 32.2 Å². The molecule has 2 aromatic carbocycles. The Hall–Kier alpha value is -2.86. The molecule has 5 nitrogen and oxygen atoms in total. The van der Waals surface area contributed by atoms with Crippen LogP contribution in [0.25, 0.3) is 21.8 Å². The summed E-state index contributed by atoms with van der Waals surface area (Å²) in [5, 5.41) is 2.95. The zero-order valence-electron chi connectivity index (χ0n) is 14.8. The van der Waals surface area contributed by atoms with Crippen LogP contribution in [0.15, 0.2) is 41.8 Å². The summed E-state index contributed by atoms with van der Waals surface area (Å²) in [5.74, 6) is 1.50. The van der Waals surface area contributed by atoms with Gasteiger partial charge in [-0.3, -0.25) is 4.79 Å². The molecule has 0 unspecified atom stereocenters. The van der Waals surface area contributed by atoms with E-state index in [0.29, 0.717) is 17.9 Å². The van der Waals surface area contributed by atoms with Crippen molar-refractivity contribution in [3.8, 4) is 33.3 Å². The lowest BCUT2D eigenvalue weighted by Gasteiger charge is -2.10. The number of aromatic nitrogens is 1. The number of benzene rings is 2. The molecule has 26 heavy (non-hydrogen) atoms. The van der Waals surface area contributed by atoms with Gasteiger partial charge in [0.05, 0.1) is 26.3 Å². The van der Waals surface area contributed by atoms with Crippen LogP contribution in [0.1, 0.15) is 5.56 Å². The summed E-state index contributed by atoms with van der Waals surface area (Å²) in [4.78, 5) is 18.3. The zero-order valence-corrected chi connectivity index (χ0v) is 15.6. The number of ether oxygens (including phenoxy) is 2. The standard InChI is InChI=1S/C20H18N2O3S/c1-22-16-6-4-12(8-14(16)10-19(22)23)15-11-26-20(21-15)13-5-7-17(24-2)18(9-13)25-3/h4-9,11H,10H2,1-3H3. The second kappa shape index (κ2) is 6.46. The lowest BCUT2D eigenvalue weighted by Crippen LogP contribution is -2.20. The normalized spacial score (nSPS) is 13.0. The Morgan fingerprint density at radius 3 is 2.58 bits per heavy atom. The van der Waals surface area contributed by atoms with Crippen molar-refractivity contribution >= 4 is 22.9 Å². The van der Waals surface area contributed by atoms with Gasteiger partial charge in [-0.05, 0) is 35.9 Å². The highest BCUT2D eigenvalue weighted by Gasteiger charge is 2.24. The van der Waals surface area contributed by atoms with Gasteiger partial charge in [-0.25, -0.2) is 4.98 Å². The first-order valence-electron chi connectivity index (χ1n) is 8.18. The Bertz CT molecular complexity index is 996. The molecule has 0 N–H and O–H groups in total. The van der Waals surface area contributed by atoms with Crippen molar-refractivity contribution in [2.45, 2.75) is 6.42 Å². The number of hydrogen-bond acceptors (Lipinski definition) is 5. The molecule has 0 saturated heterocycles. The van der Waals surface area contributed by atoms with E-state index in [2.05, 4.69) is 6.07 Å². The maximum absolute atomic E-state index is 11.9. The molecule has 0 bridgehead atoms. The van der Waals surface area contributed by atoms with Crippen LogP contribution in [0.5, 0.6) is 11.5 Å². The van der Waals surface area contributed by atoms with Gasteiger partial charge in [0.15, 0.2) is 11.5 Å². The molecule has 132 valence electrons. The van der Waals surface area contributed by atoms with E-state index in [1.54, 1.807) is 30.5 Å². The molecule has 0 saturated carbocycles. The lowest BCUT2D eigenvalue weighted by atomic mass is 10.1. The van der Waals surface area contributed by atoms with Crippen molar-refractivity contribution in [1.82, 2.24) is 4.98 Å². The molecule has 3 aromatic rings. The highest BCUT2D eigenvalue weighted by molar-refractivity contribution is 7.13. The van der Waals surface area contributed by atoms with Gasteiger partial charge >= 0.3 is 0 Å². The predicted octanol–water partition coefficient (Wildman–Crippen LogP) is 4.01. The summed E-state index contributed by atoms with van der Waals surface area (Å²) in [6.07, 6.45) is 0.451. The van der Waals surface area contributed by atoms with E-state index in [-0.39, 0.29) is 5.91 Å². The van der Waals surface area contributed by atoms with Gasteiger partial charge in [0.1, 0.15) is 5.01 Å². The maximum atomic E-state index is 11.9. The third kappa shape index (κ3) is 2.72. The van der Waals surface area contributed by atoms with Crippen LogP contribution in [0, 0.1) is 0 Å². The fourth-order valence-corrected chi connectivity index (χ4v) is 3.96. The molecule has 1 amide bonds. The van der Waals surface area contributed by atoms with Gasteiger partial charge in [-0.2, -0.15) is 0 Å². The number of nitrogens with zero attached hydrogens (tertiary/aromatic N) is 2. The first-order chi connectivity index (χ1) is 12.6. The van der Waals surface area contributed by atoms with E-state index in [4.69, 9.17) is 14.5 Å². The number of methoxy groups -OCH3 is 2. The summed E-state index contributed by atoms with van der Waals surface area (Å²) < 4.78 is 10.7. The number of rotatable bonds is 4. The average molecular weight is 366 g/mol. The third-order valence-corrected chi connectivity index (χ3v) is 5.48. The molecule has 0 spiro atoms. The zero-order chi connectivity index (χ0) is 18.3. The quantitative estimate of drug-likeness (QED) is 0.700. The number of carbonyl (C=O) groups excluding carboxylic acids is 1. The Balaban J connectivity index is 1.67. The summed E-state index contributed by atoms with van der Waals surface area (Å²) in [5.41, 5.74) is 4.94. The molecule has 0 radical (unpaired) electrons. The van der Waals surface area contributed by atoms with Crippen LogP contribution in [0.2, 0.25) is 0 Å². The predicted molar refractivity (Wildman–Crippen MR) is 103 cm³/mol. The number of anilines is 1. The van der Waals surface area contributed by atoms with Gasteiger partial charge in [0.2, 0.25) is 5.91 Å². The molecule has 0 aliphatic carbocycles. The molecule has 1 aliphatic heterocycles. The largest absolute Gasteiger partial charge is 0.493 e. The minimum absolute atomic E-state index is 0.126. The minimum atomic E-state index is 0.126. The Morgan fingerprint density at radius 2 is 1.81 bits per heavy atom. The second-order valence-electron chi connectivity index (χ2n) is 6.08. The van der Waals surface area contributed by atoms with Crippen LogP contribution >= 0.6 is 11.3 Å². The number of fused-ring (bicyclic) bond motifs is 1. The van der Waals surface area contributed by atoms with Crippen molar-refractivity contribution in [3.05, 3.63) is 47.3 Å². The number of carbonyl (C=O) groups is 1. The molecule has 0 fully saturated rings. The monoisotopic (exact) mass is 366 g/mol. The van der Waals surface area contributed by atoms with E-state index < -0.39 is 0 Å². The van der Waals surface area contributed by atoms with E-state index in [9.17, 15) is 4.79 Å². The topological polar surface area (TPSA) is 51.7 Å². The number of amides is 1. The van der Waals surface area contributed by atoms with Crippen molar-refractivity contribution in [2.24, 2.45) is 0 Å². The van der Waals surface area contributed by atoms with Crippen molar-refractivity contribution in [1.29, 1.82) is 0 Å². The Morgan fingerprint density at radius 1 is 1.04 bits per heavy atom. The van der Waals surface area contributed by atoms with Crippen LogP contribution < -0.4 is 14.4 Å². The molecule has 4 rings (SSSR count). The smallest absolute Gasteiger partial charge is 0.231 e. The molecular weight excluding hydrogens is 348 g/mol. The number of thiazole rings is 1. The minimum Gasteiger partial charge on any atom is -0.493 e. The SMILES string of the molecule is COc1ccc(-c2nc(-c3ccc4c(c3)CC(=O)N4C)cs2)cc1OC. The van der Waals surface area contributed by atoms with Gasteiger partial charge in [-0.1, -0.05) is 6.07 Å². The second-order valence-corrected chi connectivity index (χ2v) is 6.94. The highest BCUT2D eigenvalue weighted by Crippen LogP contribution is 2.36. The van der Waals surface area contributed by atoms with Crippen molar-refractivity contribution in [3.63, 3.8) is 0 Å². The van der Waals surface area contributed by atoms with E-state index in [1.807, 2.05) is 42.8 Å².